The molecule has 280 valence electrons. The van der Waals surface area contributed by atoms with Gasteiger partial charge in [-0.1, -0.05) is 200 Å². The first kappa shape index (κ1) is 33.1. The smallest absolute Gasteiger partial charge is 0.0622 e. The molecule has 0 saturated carbocycles. The normalized spacial score (nSPS) is 13.4. The van der Waals surface area contributed by atoms with Gasteiger partial charge in [-0.3, -0.25) is 0 Å². The van der Waals surface area contributed by atoms with Crippen molar-refractivity contribution in [2.75, 3.05) is 0 Å². The van der Waals surface area contributed by atoms with Gasteiger partial charge in [0.15, 0.2) is 0 Å². The van der Waals surface area contributed by atoms with E-state index in [0.717, 1.165) is 0 Å². The zero-order valence-electron chi connectivity index (χ0n) is 33.3. The van der Waals surface area contributed by atoms with E-state index in [1.54, 1.807) is 0 Å². The van der Waals surface area contributed by atoms with Crippen molar-refractivity contribution < 1.29 is 0 Å². The van der Waals surface area contributed by atoms with Gasteiger partial charge in [0.2, 0.25) is 0 Å². The minimum absolute atomic E-state index is 0.410. The number of hydrogen-bond donors (Lipinski definition) is 0. The molecule has 0 saturated heterocycles. The van der Waals surface area contributed by atoms with Gasteiger partial charge >= 0.3 is 0 Å². The third kappa shape index (κ3) is 4.24. The fourth-order valence-electron chi connectivity index (χ4n) is 11.9. The first-order valence-corrected chi connectivity index (χ1v) is 21.4. The minimum atomic E-state index is -0.410. The second kappa shape index (κ2) is 12.1. The van der Waals surface area contributed by atoms with Crippen LogP contribution in [0.25, 0.3) is 110 Å². The lowest BCUT2D eigenvalue weighted by Crippen LogP contribution is -2.25. The van der Waals surface area contributed by atoms with Crippen molar-refractivity contribution in [3.8, 4) is 77.9 Å². The monoisotopic (exact) mass is 768 g/mol. The SMILES string of the molecule is c1ccc(-c2c(-c3ccc4cc5c(c(-c6ccccc6)c4c3)-c3cccc4c6c(cc-5c34)C3(c4ccccc4-c4ccccc43)c3ccccc3-6)ccc3ccccc23)cc1. The van der Waals surface area contributed by atoms with Crippen LogP contribution in [0.15, 0.2) is 218 Å². The summed E-state index contributed by atoms with van der Waals surface area (Å²) >= 11 is 0. The number of benzene rings is 11. The molecule has 0 aliphatic heterocycles. The highest BCUT2D eigenvalue weighted by Crippen LogP contribution is 2.66. The van der Waals surface area contributed by atoms with Crippen molar-refractivity contribution in [2.45, 2.75) is 5.41 Å². The first-order valence-electron chi connectivity index (χ1n) is 21.4. The Labute approximate surface area is 354 Å². The summed E-state index contributed by atoms with van der Waals surface area (Å²) in [6, 6.07) is 82.2. The van der Waals surface area contributed by atoms with Gasteiger partial charge in [-0.2, -0.15) is 0 Å². The maximum atomic E-state index is 2.60. The molecule has 0 atom stereocenters. The van der Waals surface area contributed by atoms with Crippen LogP contribution in [0.2, 0.25) is 0 Å². The average molecular weight is 769 g/mol. The molecule has 0 nitrogen and oxygen atoms in total. The molecule has 14 rings (SSSR count). The van der Waals surface area contributed by atoms with Crippen molar-refractivity contribution in [1.29, 1.82) is 0 Å². The van der Waals surface area contributed by atoms with Gasteiger partial charge in [0.1, 0.15) is 0 Å². The molecule has 0 radical (unpaired) electrons. The van der Waals surface area contributed by atoms with Gasteiger partial charge in [0, 0.05) is 0 Å². The third-order valence-corrected chi connectivity index (χ3v) is 14.2. The lowest BCUT2D eigenvalue weighted by Gasteiger charge is -2.30. The summed E-state index contributed by atoms with van der Waals surface area (Å²) in [5.74, 6) is 0. The molecule has 0 bridgehead atoms. The van der Waals surface area contributed by atoms with E-state index >= 15 is 0 Å². The fraction of sp³-hybridized carbons (Fsp3) is 0.0164. The minimum Gasteiger partial charge on any atom is -0.0622 e. The highest BCUT2D eigenvalue weighted by Gasteiger charge is 2.52. The topological polar surface area (TPSA) is 0 Å². The van der Waals surface area contributed by atoms with Gasteiger partial charge in [-0.25, -0.2) is 0 Å². The highest BCUT2D eigenvalue weighted by molar-refractivity contribution is 6.26. The molecule has 0 fully saturated rings. The van der Waals surface area contributed by atoms with E-state index < -0.39 is 5.41 Å². The average Bonchev–Trinajstić information content (AvgIpc) is 3.93. The Balaban J connectivity index is 1.08. The van der Waals surface area contributed by atoms with Crippen LogP contribution in [0.1, 0.15) is 22.3 Å². The summed E-state index contributed by atoms with van der Waals surface area (Å²) in [4.78, 5) is 0. The van der Waals surface area contributed by atoms with Crippen LogP contribution < -0.4 is 0 Å². The molecule has 11 aromatic carbocycles. The summed E-state index contributed by atoms with van der Waals surface area (Å²) in [5, 5.41) is 7.73. The zero-order valence-corrected chi connectivity index (χ0v) is 33.3. The van der Waals surface area contributed by atoms with Gasteiger partial charge < -0.3 is 0 Å². The van der Waals surface area contributed by atoms with E-state index in [4.69, 9.17) is 0 Å². The van der Waals surface area contributed by atoms with Gasteiger partial charge in [-0.05, 0) is 151 Å². The van der Waals surface area contributed by atoms with Gasteiger partial charge in [-0.15, -0.1) is 0 Å². The maximum Gasteiger partial charge on any atom is 0.0725 e. The van der Waals surface area contributed by atoms with Crippen molar-refractivity contribution in [3.05, 3.63) is 241 Å². The largest absolute Gasteiger partial charge is 0.0725 e. The lowest BCUT2D eigenvalue weighted by molar-refractivity contribution is 0.795. The molecule has 61 heavy (non-hydrogen) atoms. The predicted octanol–water partition coefficient (Wildman–Crippen LogP) is 16.1. The number of fused-ring (bicyclic) bond motifs is 16. The molecule has 11 aromatic rings. The summed E-state index contributed by atoms with van der Waals surface area (Å²) < 4.78 is 0. The van der Waals surface area contributed by atoms with E-state index in [-0.39, 0.29) is 0 Å². The second-order valence-electron chi connectivity index (χ2n) is 17.0. The van der Waals surface area contributed by atoms with E-state index in [2.05, 4.69) is 218 Å². The van der Waals surface area contributed by atoms with Crippen LogP contribution in [0.3, 0.4) is 0 Å². The van der Waals surface area contributed by atoms with E-state index in [1.807, 2.05) is 0 Å². The molecule has 3 aliphatic rings. The third-order valence-electron chi connectivity index (χ3n) is 14.2. The molecular formula is C61H36. The molecule has 1 spiro atoms. The van der Waals surface area contributed by atoms with Crippen molar-refractivity contribution in [3.63, 3.8) is 0 Å². The van der Waals surface area contributed by atoms with Crippen LogP contribution in [0.5, 0.6) is 0 Å². The summed E-state index contributed by atoms with van der Waals surface area (Å²) in [5.41, 5.74) is 23.3. The van der Waals surface area contributed by atoms with E-state index in [1.165, 1.54) is 132 Å². The number of rotatable bonds is 3. The van der Waals surface area contributed by atoms with Crippen LogP contribution in [0, 0.1) is 0 Å². The van der Waals surface area contributed by atoms with Crippen LogP contribution >= 0.6 is 0 Å². The molecule has 0 heterocycles. The molecule has 0 aromatic heterocycles. The molecule has 0 amide bonds. The summed E-state index contributed by atoms with van der Waals surface area (Å²) in [6.45, 7) is 0. The van der Waals surface area contributed by atoms with Crippen LogP contribution in [-0.4, -0.2) is 0 Å². The molecule has 0 N–H and O–H groups in total. The van der Waals surface area contributed by atoms with E-state index in [9.17, 15) is 0 Å². The molecule has 0 unspecified atom stereocenters. The second-order valence-corrected chi connectivity index (χ2v) is 17.0. The lowest BCUT2D eigenvalue weighted by atomic mass is 9.70. The highest BCUT2D eigenvalue weighted by atomic mass is 14.5. The molecule has 0 heteroatoms. The summed E-state index contributed by atoms with van der Waals surface area (Å²) in [6.07, 6.45) is 0. The van der Waals surface area contributed by atoms with E-state index in [0.29, 0.717) is 0 Å². The van der Waals surface area contributed by atoms with Crippen molar-refractivity contribution in [2.24, 2.45) is 0 Å². The maximum absolute atomic E-state index is 2.60. The summed E-state index contributed by atoms with van der Waals surface area (Å²) in [7, 11) is 0. The Morgan fingerprint density at radius 3 is 1.54 bits per heavy atom. The van der Waals surface area contributed by atoms with Gasteiger partial charge in [0.25, 0.3) is 0 Å². The quantitative estimate of drug-likeness (QED) is 0.168. The Bertz CT molecular complexity index is 3640. The predicted molar refractivity (Wildman–Crippen MR) is 256 cm³/mol. The number of hydrogen-bond acceptors (Lipinski definition) is 0. The molecule has 3 aliphatic carbocycles. The standard InChI is InChI=1S/C61H36/c1-3-17-38(18-4-1)56-42-21-8-7-16-37(42)32-33-43(56)40-30-31-41-35-50-51-36-55-59(47-25-15-26-48(58(47)51)60(50)57(49(41)34-40)39-19-5-2-6-20-39)46-24-11-14-29-54(46)61(55)52-27-12-9-22-44(52)45-23-10-13-28-53(45)61/h1-36H. The fourth-order valence-corrected chi connectivity index (χ4v) is 11.9. The van der Waals surface area contributed by atoms with Gasteiger partial charge in [0.05, 0.1) is 5.41 Å². The van der Waals surface area contributed by atoms with Crippen LogP contribution in [-0.2, 0) is 5.41 Å². The molecular weight excluding hydrogens is 733 g/mol. The van der Waals surface area contributed by atoms with Crippen molar-refractivity contribution >= 4 is 32.3 Å². The Morgan fingerprint density at radius 1 is 0.230 bits per heavy atom. The zero-order chi connectivity index (χ0) is 39.8. The Kier molecular flexibility index (Phi) is 6.58. The Hall–Kier alpha value is -7.80. The van der Waals surface area contributed by atoms with Crippen molar-refractivity contribution in [1.82, 2.24) is 0 Å². The Morgan fingerprint density at radius 2 is 0.803 bits per heavy atom. The first-order chi connectivity index (χ1) is 30.3. The van der Waals surface area contributed by atoms with Crippen LogP contribution in [0.4, 0.5) is 0 Å².